The Morgan fingerprint density at radius 1 is 1.29 bits per heavy atom. The maximum absolute atomic E-state index is 12.0. The van der Waals surface area contributed by atoms with Gasteiger partial charge in [-0.15, -0.1) is 0 Å². The molecule has 132 valence electrons. The molecule has 3 rings (SSSR count). The average Bonchev–Trinajstić information content (AvgIpc) is 2.97. The number of hydrogen-bond acceptors (Lipinski definition) is 7. The largest absolute Gasteiger partial charge is 0.363 e. The third-order valence-electron chi connectivity index (χ3n) is 5.27. The van der Waals surface area contributed by atoms with Crippen LogP contribution in [0.5, 0.6) is 0 Å². The van der Waals surface area contributed by atoms with Crippen LogP contribution in [0.15, 0.2) is 4.52 Å². The van der Waals surface area contributed by atoms with Crippen molar-refractivity contribution in [2.75, 3.05) is 40.3 Å². The molecule has 0 bridgehead atoms. The highest BCUT2D eigenvalue weighted by atomic mass is 16.5. The van der Waals surface area contributed by atoms with Crippen LogP contribution >= 0.6 is 0 Å². The van der Waals surface area contributed by atoms with Crippen LogP contribution < -0.4 is 5.73 Å². The molecule has 9 nitrogen and oxygen atoms in total. The molecule has 9 heteroatoms. The number of likely N-dealkylation sites (tertiary alicyclic amines) is 1. The Morgan fingerprint density at radius 2 is 2.08 bits per heavy atom. The van der Waals surface area contributed by atoms with E-state index in [-0.39, 0.29) is 17.3 Å². The lowest BCUT2D eigenvalue weighted by Crippen LogP contribution is -2.60. The van der Waals surface area contributed by atoms with Gasteiger partial charge in [0.1, 0.15) is 0 Å². The first-order chi connectivity index (χ1) is 11.4. The number of piperazine rings is 1. The van der Waals surface area contributed by atoms with Crippen molar-refractivity contribution in [3.8, 4) is 0 Å². The minimum absolute atomic E-state index is 0.0226. The van der Waals surface area contributed by atoms with E-state index in [0.717, 1.165) is 39.0 Å². The predicted octanol–water partition coefficient (Wildman–Crippen LogP) is -0.703. The van der Waals surface area contributed by atoms with Crippen LogP contribution in [0.3, 0.4) is 0 Å². The topological polar surface area (TPSA) is 109 Å². The molecular formula is C15H24N6O3. The van der Waals surface area contributed by atoms with Gasteiger partial charge in [-0.1, -0.05) is 5.16 Å². The van der Waals surface area contributed by atoms with Gasteiger partial charge >= 0.3 is 0 Å². The molecule has 1 atom stereocenters. The highest BCUT2D eigenvalue weighted by Gasteiger charge is 2.42. The number of primary amides is 1. The molecule has 0 aliphatic carbocycles. The number of hydrogen-bond donors (Lipinski definition) is 1. The SMILES string of the molecule is CN1CC[C@]2(CCC1=O)CN(Cc1nc(C(N)=O)no1)CCN2C. The molecule has 2 fully saturated rings. The molecular weight excluding hydrogens is 312 g/mol. The fourth-order valence-corrected chi connectivity index (χ4v) is 3.59. The lowest BCUT2D eigenvalue weighted by molar-refractivity contribution is -0.129. The fourth-order valence-electron chi connectivity index (χ4n) is 3.59. The minimum Gasteiger partial charge on any atom is -0.363 e. The molecule has 0 aromatic carbocycles. The van der Waals surface area contributed by atoms with Crippen molar-refractivity contribution in [3.63, 3.8) is 0 Å². The van der Waals surface area contributed by atoms with Crippen molar-refractivity contribution in [1.82, 2.24) is 24.8 Å². The van der Waals surface area contributed by atoms with Crippen molar-refractivity contribution >= 4 is 11.8 Å². The second-order valence-corrected chi connectivity index (χ2v) is 6.80. The van der Waals surface area contributed by atoms with Gasteiger partial charge in [0.2, 0.25) is 11.8 Å². The molecule has 2 saturated heterocycles. The molecule has 0 saturated carbocycles. The second-order valence-electron chi connectivity index (χ2n) is 6.80. The third-order valence-corrected chi connectivity index (χ3v) is 5.27. The Bertz CT molecular complexity index is 632. The van der Waals surface area contributed by atoms with Gasteiger partial charge in [0, 0.05) is 45.2 Å². The number of carbonyl (C=O) groups is 2. The van der Waals surface area contributed by atoms with Crippen LogP contribution in [-0.2, 0) is 11.3 Å². The summed E-state index contributed by atoms with van der Waals surface area (Å²) in [5.74, 6) is -0.175. The first-order valence-corrected chi connectivity index (χ1v) is 8.19. The summed E-state index contributed by atoms with van der Waals surface area (Å²) in [6.07, 6.45) is 2.36. The van der Waals surface area contributed by atoms with E-state index in [0.29, 0.717) is 18.9 Å². The molecule has 1 spiro atoms. The van der Waals surface area contributed by atoms with E-state index >= 15 is 0 Å². The van der Waals surface area contributed by atoms with Crippen molar-refractivity contribution in [1.29, 1.82) is 0 Å². The van der Waals surface area contributed by atoms with Gasteiger partial charge in [-0.25, -0.2) is 0 Å². The smallest absolute Gasteiger partial charge is 0.290 e. The van der Waals surface area contributed by atoms with Gasteiger partial charge in [0.25, 0.3) is 11.7 Å². The van der Waals surface area contributed by atoms with Crippen molar-refractivity contribution in [2.24, 2.45) is 5.73 Å². The number of nitrogens with zero attached hydrogens (tertiary/aromatic N) is 5. The maximum atomic E-state index is 12.0. The molecule has 2 amide bonds. The summed E-state index contributed by atoms with van der Waals surface area (Å²) in [4.78, 5) is 33.5. The van der Waals surface area contributed by atoms with E-state index in [9.17, 15) is 9.59 Å². The van der Waals surface area contributed by atoms with E-state index in [1.165, 1.54) is 0 Å². The van der Waals surface area contributed by atoms with E-state index in [4.69, 9.17) is 10.3 Å². The van der Waals surface area contributed by atoms with Gasteiger partial charge in [0.05, 0.1) is 6.54 Å². The molecule has 0 unspecified atom stereocenters. The Morgan fingerprint density at radius 3 is 2.79 bits per heavy atom. The predicted molar refractivity (Wildman–Crippen MR) is 84.9 cm³/mol. The first kappa shape index (κ1) is 16.8. The molecule has 2 aliphatic rings. The standard InChI is InChI=1S/C15H24N6O3/c1-19-6-5-15(4-3-12(19)22)10-21(8-7-20(15)2)9-11-17-14(13(16)23)18-24-11/h3-10H2,1-2H3,(H2,16,23)/t15-/m1/s1. The molecule has 1 aromatic heterocycles. The van der Waals surface area contributed by atoms with Crippen LogP contribution in [0, 0.1) is 0 Å². The highest BCUT2D eigenvalue weighted by Crippen LogP contribution is 2.32. The normalized spacial score (nSPS) is 26.8. The van der Waals surface area contributed by atoms with Crippen LogP contribution in [0.25, 0.3) is 0 Å². The van der Waals surface area contributed by atoms with Crippen LogP contribution in [0.4, 0.5) is 0 Å². The summed E-state index contributed by atoms with van der Waals surface area (Å²) in [7, 11) is 4.00. The van der Waals surface area contributed by atoms with Crippen molar-refractivity contribution in [3.05, 3.63) is 11.7 Å². The average molecular weight is 336 g/mol. The Kier molecular flexibility index (Phi) is 4.55. The third kappa shape index (κ3) is 3.27. The number of rotatable bonds is 3. The second kappa shape index (κ2) is 6.48. The zero-order valence-corrected chi connectivity index (χ0v) is 14.2. The molecule has 3 heterocycles. The fraction of sp³-hybridized carbons (Fsp3) is 0.733. The lowest BCUT2D eigenvalue weighted by Gasteiger charge is -2.49. The van der Waals surface area contributed by atoms with E-state index in [1.807, 2.05) is 11.9 Å². The molecule has 2 aliphatic heterocycles. The summed E-state index contributed by atoms with van der Waals surface area (Å²) in [5, 5.41) is 3.59. The van der Waals surface area contributed by atoms with E-state index in [2.05, 4.69) is 27.0 Å². The Hall–Kier alpha value is -2.00. The summed E-state index contributed by atoms with van der Waals surface area (Å²) >= 11 is 0. The Labute approximate surface area is 140 Å². The Balaban J connectivity index is 1.70. The lowest BCUT2D eigenvalue weighted by atomic mass is 9.86. The van der Waals surface area contributed by atoms with Gasteiger partial charge in [-0.2, -0.15) is 4.98 Å². The van der Waals surface area contributed by atoms with Crippen LogP contribution in [-0.4, -0.2) is 82.5 Å². The number of aromatic nitrogens is 2. The molecule has 2 N–H and O–H groups in total. The van der Waals surface area contributed by atoms with Crippen molar-refractivity contribution < 1.29 is 14.1 Å². The summed E-state index contributed by atoms with van der Waals surface area (Å²) in [6, 6.07) is 0. The van der Waals surface area contributed by atoms with E-state index < -0.39 is 5.91 Å². The number of likely N-dealkylation sites (N-methyl/N-ethyl adjacent to an activating group) is 1. The zero-order valence-electron chi connectivity index (χ0n) is 14.2. The van der Waals surface area contributed by atoms with Crippen molar-refractivity contribution in [2.45, 2.75) is 31.3 Å². The first-order valence-electron chi connectivity index (χ1n) is 8.19. The maximum Gasteiger partial charge on any atom is 0.290 e. The highest BCUT2D eigenvalue weighted by molar-refractivity contribution is 5.88. The monoisotopic (exact) mass is 336 g/mol. The minimum atomic E-state index is -0.690. The van der Waals surface area contributed by atoms with E-state index in [1.54, 1.807) is 0 Å². The van der Waals surface area contributed by atoms with Gasteiger partial charge < -0.3 is 15.2 Å². The number of amides is 2. The van der Waals surface area contributed by atoms with Crippen LogP contribution in [0.2, 0.25) is 0 Å². The van der Waals surface area contributed by atoms with Gasteiger partial charge in [-0.05, 0) is 19.9 Å². The number of nitrogens with two attached hydrogens (primary N) is 1. The molecule has 0 radical (unpaired) electrons. The number of carbonyl (C=O) groups excluding carboxylic acids is 2. The zero-order chi connectivity index (χ0) is 17.3. The quantitative estimate of drug-likeness (QED) is 0.777. The van der Waals surface area contributed by atoms with Crippen LogP contribution in [0.1, 0.15) is 35.8 Å². The molecule has 1 aromatic rings. The summed E-state index contributed by atoms with van der Waals surface area (Å²) in [5.41, 5.74) is 5.13. The molecule has 24 heavy (non-hydrogen) atoms. The summed E-state index contributed by atoms with van der Waals surface area (Å²) in [6.45, 7) is 3.87. The van der Waals surface area contributed by atoms with Gasteiger partial charge in [-0.3, -0.25) is 19.4 Å². The summed E-state index contributed by atoms with van der Waals surface area (Å²) < 4.78 is 5.11. The van der Waals surface area contributed by atoms with Gasteiger partial charge in [0.15, 0.2) is 0 Å².